The fraction of sp³-hybridized carbons (Fsp3) is 0.286. The maximum atomic E-state index is 12.5. The number of rotatable bonds is 3. The molecular weight excluding hydrogens is 328 g/mol. The van der Waals surface area contributed by atoms with Crippen LogP contribution in [0.2, 0.25) is 0 Å². The fourth-order valence-corrected chi connectivity index (χ4v) is 3.30. The van der Waals surface area contributed by atoms with Crippen molar-refractivity contribution in [2.45, 2.75) is 31.0 Å². The van der Waals surface area contributed by atoms with Crippen molar-refractivity contribution < 1.29 is 13.2 Å². The van der Waals surface area contributed by atoms with Gasteiger partial charge in [-0.25, -0.2) is 17.8 Å². The predicted molar refractivity (Wildman–Crippen MR) is 83.1 cm³/mol. The molecule has 0 spiro atoms. The van der Waals surface area contributed by atoms with E-state index in [0.717, 1.165) is 23.5 Å². The molecule has 1 atom stereocenters. The zero-order chi connectivity index (χ0) is 16.7. The van der Waals surface area contributed by atoms with Crippen LogP contribution < -0.4 is 5.69 Å². The minimum atomic E-state index is -4.06. The number of imidazole rings is 1. The van der Waals surface area contributed by atoms with E-state index in [0.29, 0.717) is 8.54 Å². The number of carbonyl (C=O) groups is 1. The van der Waals surface area contributed by atoms with Crippen LogP contribution in [-0.2, 0) is 10.0 Å². The Morgan fingerprint density at radius 1 is 1.18 bits per heavy atom. The second-order valence-corrected chi connectivity index (χ2v) is 7.42. The van der Waals surface area contributed by atoms with Gasteiger partial charge >= 0.3 is 5.69 Å². The maximum absolute atomic E-state index is 12.5. The van der Waals surface area contributed by atoms with Crippen LogP contribution in [0.4, 0.5) is 0 Å². The molecule has 118 valence electrons. The van der Waals surface area contributed by atoms with Crippen LogP contribution in [0.5, 0.6) is 0 Å². The van der Waals surface area contributed by atoms with E-state index in [4.69, 9.17) is 11.6 Å². The summed E-state index contributed by atoms with van der Waals surface area (Å²) in [5.41, 5.74) is 0.768. The average Bonchev–Trinajstić information content (AvgIpc) is 2.83. The summed E-state index contributed by atoms with van der Waals surface area (Å²) in [6.45, 7) is 5.04. The van der Waals surface area contributed by atoms with Crippen molar-refractivity contribution in [2.75, 3.05) is 0 Å². The van der Waals surface area contributed by atoms with Gasteiger partial charge in [-0.15, -0.1) is 11.6 Å². The highest BCUT2D eigenvalue weighted by Crippen LogP contribution is 2.16. The van der Waals surface area contributed by atoms with E-state index in [1.165, 1.54) is 19.1 Å². The molecule has 0 bridgehead atoms. The normalized spacial score (nSPS) is 13.1. The molecule has 2 aromatic rings. The molecule has 6 nitrogen and oxygen atoms in total. The van der Waals surface area contributed by atoms with Gasteiger partial charge in [0.25, 0.3) is 15.9 Å². The average molecular weight is 343 g/mol. The van der Waals surface area contributed by atoms with Gasteiger partial charge in [-0.05, 0) is 44.0 Å². The molecule has 0 radical (unpaired) electrons. The summed E-state index contributed by atoms with van der Waals surface area (Å²) in [7, 11) is -4.06. The molecule has 0 unspecified atom stereocenters. The number of carbonyl (C=O) groups excluding carboxylic acids is 1. The van der Waals surface area contributed by atoms with Gasteiger partial charge in [0.05, 0.1) is 4.90 Å². The van der Waals surface area contributed by atoms with Gasteiger partial charge in [0, 0.05) is 12.4 Å². The molecule has 0 N–H and O–H groups in total. The summed E-state index contributed by atoms with van der Waals surface area (Å²) in [6, 6.07) is 4.57. The van der Waals surface area contributed by atoms with Gasteiger partial charge in [0.15, 0.2) is 0 Å². The lowest BCUT2D eigenvalue weighted by Gasteiger charge is -2.07. The van der Waals surface area contributed by atoms with E-state index in [1.807, 2.05) is 6.92 Å². The first-order valence-corrected chi connectivity index (χ1v) is 8.35. The molecule has 2 rings (SSSR count). The Morgan fingerprint density at radius 2 is 1.82 bits per heavy atom. The minimum Gasteiger partial charge on any atom is -0.272 e. The molecule has 0 fully saturated rings. The highest BCUT2D eigenvalue weighted by atomic mass is 35.5. The van der Waals surface area contributed by atoms with Crippen molar-refractivity contribution in [3.8, 4) is 0 Å². The van der Waals surface area contributed by atoms with Crippen molar-refractivity contribution in [1.29, 1.82) is 0 Å². The first-order chi connectivity index (χ1) is 10.2. The number of aryl methyl sites for hydroxylation is 2. The lowest BCUT2D eigenvalue weighted by Crippen LogP contribution is -2.34. The molecule has 0 saturated carbocycles. The Kier molecular flexibility index (Phi) is 4.30. The van der Waals surface area contributed by atoms with Crippen molar-refractivity contribution >= 4 is 27.5 Å². The second-order valence-electron chi connectivity index (χ2n) is 4.95. The molecule has 0 aliphatic rings. The molecule has 0 aliphatic carbocycles. The summed E-state index contributed by atoms with van der Waals surface area (Å²) < 4.78 is 26.3. The monoisotopic (exact) mass is 342 g/mol. The number of hydrogen-bond acceptors (Lipinski definition) is 4. The summed E-state index contributed by atoms with van der Waals surface area (Å²) in [6.07, 6.45) is 2.15. The van der Waals surface area contributed by atoms with E-state index in [1.54, 1.807) is 13.0 Å². The molecule has 1 aromatic heterocycles. The van der Waals surface area contributed by atoms with Crippen LogP contribution in [0.3, 0.4) is 0 Å². The first kappa shape index (κ1) is 16.5. The molecular formula is C14H15ClN2O4S. The zero-order valence-electron chi connectivity index (χ0n) is 12.3. The van der Waals surface area contributed by atoms with Crippen molar-refractivity contribution in [2.24, 2.45) is 0 Å². The Labute approximate surface area is 133 Å². The number of halogens is 1. The fourth-order valence-electron chi connectivity index (χ4n) is 1.89. The van der Waals surface area contributed by atoms with Crippen LogP contribution in [0.25, 0.3) is 0 Å². The van der Waals surface area contributed by atoms with Gasteiger partial charge in [0.1, 0.15) is 5.38 Å². The third-order valence-electron chi connectivity index (χ3n) is 3.36. The van der Waals surface area contributed by atoms with Crippen LogP contribution in [-0.4, -0.2) is 28.2 Å². The second kappa shape index (κ2) is 5.73. The highest BCUT2D eigenvalue weighted by molar-refractivity contribution is 7.90. The number of alkyl halides is 1. The van der Waals surface area contributed by atoms with E-state index < -0.39 is 27.0 Å². The molecule has 1 heterocycles. The molecule has 8 heteroatoms. The quantitative estimate of drug-likeness (QED) is 0.796. The van der Waals surface area contributed by atoms with Gasteiger partial charge < -0.3 is 0 Å². The third kappa shape index (κ3) is 2.74. The van der Waals surface area contributed by atoms with Crippen LogP contribution in [0.15, 0.2) is 40.3 Å². The SMILES string of the molecule is Cc1ccc(S(=O)(=O)n2ccn(C(=O)[C@H](C)Cl)c2=O)cc1C. The smallest absolute Gasteiger partial charge is 0.272 e. The summed E-state index contributed by atoms with van der Waals surface area (Å²) in [5, 5.41) is -0.933. The lowest BCUT2D eigenvalue weighted by molar-refractivity contribution is 0.0908. The van der Waals surface area contributed by atoms with Crippen LogP contribution in [0.1, 0.15) is 22.8 Å². The van der Waals surface area contributed by atoms with Crippen molar-refractivity contribution in [1.82, 2.24) is 8.54 Å². The maximum Gasteiger partial charge on any atom is 0.349 e. The first-order valence-electron chi connectivity index (χ1n) is 6.47. The van der Waals surface area contributed by atoms with Crippen LogP contribution in [0, 0.1) is 13.8 Å². The van der Waals surface area contributed by atoms with E-state index in [-0.39, 0.29) is 4.90 Å². The van der Waals surface area contributed by atoms with Crippen molar-refractivity contribution in [3.05, 3.63) is 52.2 Å². The van der Waals surface area contributed by atoms with Gasteiger partial charge in [-0.3, -0.25) is 4.79 Å². The zero-order valence-corrected chi connectivity index (χ0v) is 13.9. The number of aromatic nitrogens is 2. The predicted octanol–water partition coefficient (Wildman–Crippen LogP) is 1.77. The molecule has 22 heavy (non-hydrogen) atoms. The van der Waals surface area contributed by atoms with Crippen LogP contribution >= 0.6 is 11.6 Å². The number of benzene rings is 1. The van der Waals surface area contributed by atoms with Crippen molar-refractivity contribution in [3.63, 3.8) is 0 Å². The third-order valence-corrected chi connectivity index (χ3v) is 5.19. The Morgan fingerprint density at radius 3 is 2.36 bits per heavy atom. The highest BCUT2D eigenvalue weighted by Gasteiger charge is 2.24. The molecule has 0 amide bonds. The lowest BCUT2D eigenvalue weighted by atomic mass is 10.1. The standard InChI is InChI=1S/C14H15ClN2O4S/c1-9-4-5-12(8-10(9)2)22(20,21)17-7-6-16(14(17)19)13(18)11(3)15/h4-8,11H,1-3H3/t11-/m0/s1. The van der Waals surface area contributed by atoms with Gasteiger partial charge in [0.2, 0.25) is 0 Å². The molecule has 0 aliphatic heterocycles. The largest absolute Gasteiger partial charge is 0.349 e. The topological polar surface area (TPSA) is 78.1 Å². The molecule has 0 saturated heterocycles. The Bertz CT molecular complexity index is 894. The summed E-state index contributed by atoms with van der Waals surface area (Å²) >= 11 is 5.65. The molecule has 1 aromatic carbocycles. The van der Waals surface area contributed by atoms with Gasteiger partial charge in [-0.1, -0.05) is 6.07 Å². The van der Waals surface area contributed by atoms with E-state index in [2.05, 4.69) is 0 Å². The van der Waals surface area contributed by atoms with E-state index >= 15 is 0 Å². The summed E-state index contributed by atoms with van der Waals surface area (Å²) in [4.78, 5) is 23.9. The summed E-state index contributed by atoms with van der Waals surface area (Å²) in [5.74, 6) is -0.680. The number of hydrogen-bond donors (Lipinski definition) is 0. The van der Waals surface area contributed by atoms with E-state index in [9.17, 15) is 18.0 Å². The minimum absolute atomic E-state index is 0.0122. The Hall–Kier alpha value is -1.86. The Balaban J connectivity index is 2.58. The van der Waals surface area contributed by atoms with Gasteiger partial charge in [-0.2, -0.15) is 3.97 Å². The number of nitrogens with zero attached hydrogens (tertiary/aromatic N) is 2.